The first kappa shape index (κ1) is 21.6. The van der Waals surface area contributed by atoms with E-state index in [1.54, 1.807) is 6.33 Å². The van der Waals surface area contributed by atoms with Gasteiger partial charge in [0.1, 0.15) is 12.2 Å². The summed E-state index contributed by atoms with van der Waals surface area (Å²) in [4.78, 5) is 18.0. The van der Waals surface area contributed by atoms with Gasteiger partial charge in [-0.3, -0.25) is 0 Å². The van der Waals surface area contributed by atoms with Crippen LogP contribution in [-0.2, 0) is 0 Å². The molecule has 1 saturated heterocycles. The minimum absolute atomic E-state index is 0.377. The van der Waals surface area contributed by atoms with Crippen LogP contribution in [0.25, 0.3) is 48.6 Å². The molecule has 0 radical (unpaired) electrons. The fourth-order valence-corrected chi connectivity index (χ4v) is 7.95. The van der Waals surface area contributed by atoms with Gasteiger partial charge in [0, 0.05) is 22.7 Å². The molecule has 37 heavy (non-hydrogen) atoms. The molecule has 8 heteroatoms. The van der Waals surface area contributed by atoms with Crippen LogP contribution in [0.4, 0.5) is 0 Å². The Labute approximate surface area is 218 Å². The predicted molar refractivity (Wildman–Crippen MR) is 149 cm³/mol. The highest BCUT2D eigenvalue weighted by molar-refractivity contribution is 7.22. The number of aryl methyl sites for hydroxylation is 1. The number of aromatic amines is 2. The second-order valence-corrected chi connectivity index (χ2v) is 12.2. The summed E-state index contributed by atoms with van der Waals surface area (Å²) >= 11 is 1.87. The molecule has 6 heterocycles. The van der Waals surface area contributed by atoms with Gasteiger partial charge >= 0.3 is 0 Å². The number of piperidine rings is 1. The number of hydrogen-bond acceptors (Lipinski definition) is 5. The number of pyridine rings is 1. The van der Waals surface area contributed by atoms with Crippen LogP contribution in [0.2, 0.25) is 0 Å². The lowest BCUT2D eigenvalue weighted by atomic mass is 9.99. The molecule has 1 unspecified atom stereocenters. The average molecular weight is 508 g/mol. The third-order valence-electron chi connectivity index (χ3n) is 8.37. The zero-order valence-electron chi connectivity index (χ0n) is 21.2. The largest absolute Gasteiger partial charge is 0.354 e. The number of aromatic nitrogens is 6. The summed E-state index contributed by atoms with van der Waals surface area (Å²) in [6.07, 6.45) is 7.61. The van der Waals surface area contributed by atoms with E-state index in [0.29, 0.717) is 18.0 Å². The van der Waals surface area contributed by atoms with Crippen LogP contribution in [0.1, 0.15) is 62.0 Å². The third-order valence-corrected chi connectivity index (χ3v) is 9.59. The summed E-state index contributed by atoms with van der Waals surface area (Å²) in [5.74, 6) is 2.21. The zero-order valence-corrected chi connectivity index (χ0v) is 22.0. The standard InChI is InChI=1S/C29H29N7S/c1-14(2)24-25(18-8-15(3)29-30-13-31-36(29)12-18)33-22-11-23(37-27(22)24)16-5-7-20-21(10-16)35-28(34-20)26-17-4-6-19(9-17)32-26/h5,7-8,10-14,17,19,26,32-33H,4,6,9H2,1-3H3,(H,34,35)/t17-,19+,26?/m0/s1. The van der Waals surface area contributed by atoms with Crippen molar-refractivity contribution in [3.63, 3.8) is 0 Å². The molecule has 2 bridgehead atoms. The number of H-pyrrole nitrogens is 2. The lowest BCUT2D eigenvalue weighted by Crippen LogP contribution is -2.29. The van der Waals surface area contributed by atoms with Gasteiger partial charge in [-0.25, -0.2) is 14.5 Å². The lowest BCUT2D eigenvalue weighted by Gasteiger charge is -2.20. The van der Waals surface area contributed by atoms with Crippen molar-refractivity contribution in [2.45, 2.75) is 58.0 Å². The van der Waals surface area contributed by atoms with E-state index in [2.05, 4.69) is 82.7 Å². The van der Waals surface area contributed by atoms with Crippen LogP contribution in [0, 0.1) is 12.8 Å². The second-order valence-electron chi connectivity index (χ2n) is 11.1. The molecular weight excluding hydrogens is 478 g/mol. The molecule has 1 saturated carbocycles. The van der Waals surface area contributed by atoms with Gasteiger partial charge in [-0.05, 0) is 79.0 Å². The topological polar surface area (TPSA) is 86.7 Å². The molecule has 186 valence electrons. The van der Waals surface area contributed by atoms with Gasteiger partial charge < -0.3 is 15.3 Å². The molecule has 1 aliphatic carbocycles. The van der Waals surface area contributed by atoms with Crippen molar-refractivity contribution in [2.75, 3.05) is 0 Å². The number of rotatable bonds is 4. The first-order valence-corrected chi connectivity index (χ1v) is 14.1. The van der Waals surface area contributed by atoms with Gasteiger partial charge in [-0.2, -0.15) is 5.10 Å². The van der Waals surface area contributed by atoms with E-state index < -0.39 is 0 Å². The maximum absolute atomic E-state index is 4.96. The fourth-order valence-electron chi connectivity index (χ4n) is 6.64. The Bertz CT molecular complexity index is 1820. The lowest BCUT2D eigenvalue weighted by molar-refractivity contribution is 0.380. The molecule has 3 N–H and O–H groups in total. The van der Waals surface area contributed by atoms with Gasteiger partial charge in [0.25, 0.3) is 0 Å². The van der Waals surface area contributed by atoms with Crippen molar-refractivity contribution in [1.82, 2.24) is 34.9 Å². The molecule has 0 amide bonds. The van der Waals surface area contributed by atoms with Crippen LogP contribution in [0.15, 0.2) is 42.9 Å². The van der Waals surface area contributed by atoms with Crippen LogP contribution in [0.5, 0.6) is 0 Å². The van der Waals surface area contributed by atoms with Gasteiger partial charge in [-0.15, -0.1) is 11.3 Å². The van der Waals surface area contributed by atoms with Gasteiger partial charge in [-0.1, -0.05) is 19.9 Å². The van der Waals surface area contributed by atoms with E-state index >= 15 is 0 Å². The zero-order chi connectivity index (χ0) is 24.8. The molecular formula is C29H29N7S. The normalized spacial score (nSPS) is 21.5. The van der Waals surface area contributed by atoms with E-state index in [0.717, 1.165) is 39.5 Å². The third kappa shape index (κ3) is 3.25. The SMILES string of the molecule is Cc1cc(-c2[nH]c3cc(-c4ccc5nc(C6N[C@@H]7CC[C@H]6C7)[nH]c5c4)sc3c2C(C)C)cn2ncnc12. The van der Waals surface area contributed by atoms with E-state index in [9.17, 15) is 0 Å². The van der Waals surface area contributed by atoms with E-state index in [1.807, 2.05) is 15.9 Å². The summed E-state index contributed by atoms with van der Waals surface area (Å²) in [5, 5.41) is 8.15. The van der Waals surface area contributed by atoms with Crippen molar-refractivity contribution in [1.29, 1.82) is 0 Å². The molecule has 2 fully saturated rings. The first-order valence-electron chi connectivity index (χ1n) is 13.2. The Kier molecular flexibility index (Phi) is 4.52. The molecule has 7 nitrogen and oxygen atoms in total. The quantitative estimate of drug-likeness (QED) is 0.247. The highest BCUT2D eigenvalue weighted by Crippen LogP contribution is 2.44. The average Bonchev–Trinajstić information content (AvgIpc) is 3.70. The van der Waals surface area contributed by atoms with Crippen molar-refractivity contribution >= 4 is 38.2 Å². The molecule has 3 atom stereocenters. The maximum Gasteiger partial charge on any atom is 0.158 e. The molecule has 5 aromatic heterocycles. The van der Waals surface area contributed by atoms with Crippen LogP contribution < -0.4 is 5.32 Å². The number of thiophene rings is 1. The predicted octanol–water partition coefficient (Wildman–Crippen LogP) is 6.73. The summed E-state index contributed by atoms with van der Waals surface area (Å²) in [6.45, 7) is 6.64. The molecule has 1 aromatic carbocycles. The highest BCUT2D eigenvalue weighted by atomic mass is 32.1. The molecule has 1 aliphatic heterocycles. The minimum Gasteiger partial charge on any atom is -0.354 e. The van der Waals surface area contributed by atoms with Gasteiger partial charge in [0.05, 0.1) is 33.0 Å². The van der Waals surface area contributed by atoms with Gasteiger partial charge in [0.2, 0.25) is 0 Å². The van der Waals surface area contributed by atoms with E-state index in [-0.39, 0.29) is 0 Å². The maximum atomic E-state index is 4.96. The van der Waals surface area contributed by atoms with E-state index in [4.69, 9.17) is 4.98 Å². The molecule has 8 rings (SSSR count). The van der Waals surface area contributed by atoms with Crippen LogP contribution in [0.3, 0.4) is 0 Å². The molecule has 0 spiro atoms. The van der Waals surface area contributed by atoms with Crippen LogP contribution in [-0.4, -0.2) is 35.6 Å². The monoisotopic (exact) mass is 507 g/mol. The van der Waals surface area contributed by atoms with Crippen molar-refractivity contribution in [3.05, 3.63) is 59.8 Å². The number of benzene rings is 1. The van der Waals surface area contributed by atoms with Crippen molar-refractivity contribution in [2.24, 2.45) is 5.92 Å². The second kappa shape index (κ2) is 7.76. The Balaban J connectivity index is 1.19. The molecule has 2 aliphatic rings. The summed E-state index contributed by atoms with van der Waals surface area (Å²) in [5.41, 5.74) is 10.3. The van der Waals surface area contributed by atoms with E-state index in [1.165, 1.54) is 51.2 Å². The summed E-state index contributed by atoms with van der Waals surface area (Å²) < 4.78 is 3.20. The van der Waals surface area contributed by atoms with Gasteiger partial charge in [0.15, 0.2) is 5.65 Å². The fraction of sp³-hybridized carbons (Fsp3) is 0.345. The Morgan fingerprint density at radius 3 is 2.78 bits per heavy atom. The smallest absolute Gasteiger partial charge is 0.158 e. The van der Waals surface area contributed by atoms with Crippen LogP contribution >= 0.6 is 11.3 Å². The number of hydrogen-bond donors (Lipinski definition) is 3. The molecule has 6 aromatic rings. The number of nitrogens with one attached hydrogen (secondary N) is 3. The van der Waals surface area contributed by atoms with Crippen molar-refractivity contribution < 1.29 is 0 Å². The summed E-state index contributed by atoms with van der Waals surface area (Å²) in [7, 11) is 0. The number of nitrogens with zero attached hydrogens (tertiary/aromatic N) is 4. The first-order chi connectivity index (χ1) is 18.0. The Morgan fingerprint density at radius 2 is 1.97 bits per heavy atom. The van der Waals surface area contributed by atoms with Crippen molar-refractivity contribution in [3.8, 4) is 21.7 Å². The number of fused-ring (bicyclic) bond motifs is 5. The summed E-state index contributed by atoms with van der Waals surface area (Å²) in [6, 6.07) is 12.2. The Hall–Kier alpha value is -3.49. The minimum atomic E-state index is 0.377. The Morgan fingerprint density at radius 1 is 1.05 bits per heavy atom. The number of imidazole rings is 1. The highest BCUT2D eigenvalue weighted by Gasteiger charge is 2.41.